The molecule has 3 N–H and O–H groups in total. The number of aromatic amines is 1. The van der Waals surface area contributed by atoms with Crippen molar-refractivity contribution >= 4 is 23.5 Å². The molecule has 0 radical (unpaired) electrons. The van der Waals surface area contributed by atoms with Crippen molar-refractivity contribution in [1.29, 1.82) is 0 Å². The molecule has 0 unspecified atom stereocenters. The molecule has 1 amide bonds. The molecular weight excluding hydrogens is 454 g/mol. The first-order valence-corrected chi connectivity index (χ1v) is 10.5. The van der Waals surface area contributed by atoms with E-state index >= 15 is 0 Å². The Hall–Kier alpha value is -3.67. The number of alkyl halides is 2. The molecule has 0 aliphatic carbocycles. The van der Waals surface area contributed by atoms with E-state index in [1.54, 1.807) is 0 Å². The number of benzene rings is 1. The summed E-state index contributed by atoms with van der Waals surface area (Å²) in [6.45, 7) is -0.925. The highest BCUT2D eigenvalue weighted by Crippen LogP contribution is 2.33. The maximum Gasteiger partial charge on any atom is 0.387 e. The predicted molar refractivity (Wildman–Crippen MR) is 124 cm³/mol. The first-order valence-electron chi connectivity index (χ1n) is 10.5. The van der Waals surface area contributed by atoms with Gasteiger partial charge in [0.1, 0.15) is 5.82 Å². The molecule has 2 rings (SSSR count). The summed E-state index contributed by atoms with van der Waals surface area (Å²) in [5, 5.41) is 0. The number of anilines is 2. The number of para-hydroxylation sites is 1. The summed E-state index contributed by atoms with van der Waals surface area (Å²) in [6.07, 6.45) is 3.73. The maximum atomic E-state index is 13.1. The molecule has 0 spiro atoms. The number of ether oxygens (including phenoxy) is 3. The van der Waals surface area contributed by atoms with E-state index in [1.807, 2.05) is 6.92 Å². The Balaban J connectivity index is 2.51. The highest BCUT2D eigenvalue weighted by Gasteiger charge is 2.23. The molecule has 0 aliphatic heterocycles. The molecule has 1 aromatic carbocycles. The van der Waals surface area contributed by atoms with E-state index in [0.29, 0.717) is 6.42 Å². The monoisotopic (exact) mass is 482 g/mol. The molecule has 186 valence electrons. The second-order valence-corrected chi connectivity index (χ2v) is 7.07. The van der Waals surface area contributed by atoms with Crippen LogP contribution in [0.3, 0.4) is 0 Å². The molecule has 0 atom stereocenters. The van der Waals surface area contributed by atoms with Gasteiger partial charge in [0.2, 0.25) is 0 Å². The van der Waals surface area contributed by atoms with Gasteiger partial charge in [-0.2, -0.15) is 8.78 Å². The normalized spacial score (nSPS) is 11.2. The number of carbonyl (C=O) groups excluding carboxylic acids is 1. The average molecular weight is 482 g/mol. The minimum atomic E-state index is -3.11. The Morgan fingerprint density at radius 1 is 1.29 bits per heavy atom. The van der Waals surface area contributed by atoms with Gasteiger partial charge in [-0.05, 0) is 18.6 Å². The first-order chi connectivity index (χ1) is 16.2. The molecule has 34 heavy (non-hydrogen) atoms. The molecule has 12 heteroatoms. The van der Waals surface area contributed by atoms with E-state index in [1.165, 1.54) is 43.1 Å². The number of nitrogen functional groups attached to an aromatic ring is 1. The number of methoxy groups -OCH3 is 2. The number of nitrogens with one attached hydrogen (secondary N) is 1. The lowest BCUT2D eigenvalue weighted by Gasteiger charge is -2.23. The molecule has 0 saturated carbocycles. The maximum absolute atomic E-state index is 13.1. The van der Waals surface area contributed by atoms with Crippen LogP contribution in [-0.2, 0) is 16.1 Å². The smallest absolute Gasteiger partial charge is 0.387 e. The fraction of sp³-hybridized carbons (Fsp3) is 0.409. The van der Waals surface area contributed by atoms with Gasteiger partial charge in [0.05, 0.1) is 13.7 Å². The molecule has 10 nitrogen and oxygen atoms in total. The number of carbonyl (C=O) groups is 1. The zero-order valence-electron chi connectivity index (χ0n) is 19.2. The molecule has 0 aliphatic rings. The summed E-state index contributed by atoms with van der Waals surface area (Å²) in [5.74, 6) is -1.06. The number of rotatable bonds is 12. The zero-order chi connectivity index (χ0) is 25.3. The third-order valence-corrected chi connectivity index (χ3v) is 4.85. The summed E-state index contributed by atoms with van der Waals surface area (Å²) in [6, 6.07) is 4.42. The van der Waals surface area contributed by atoms with Crippen molar-refractivity contribution in [1.82, 2.24) is 9.55 Å². The number of halogens is 2. The van der Waals surface area contributed by atoms with Crippen molar-refractivity contribution in [2.75, 3.05) is 38.0 Å². The lowest BCUT2D eigenvalue weighted by molar-refractivity contribution is -0.114. The number of aromatic nitrogens is 2. The number of hydrogen-bond acceptors (Lipinski definition) is 7. The van der Waals surface area contributed by atoms with E-state index in [4.69, 9.17) is 15.2 Å². The van der Waals surface area contributed by atoms with Crippen LogP contribution in [0, 0.1) is 0 Å². The highest BCUT2D eigenvalue weighted by atomic mass is 19.3. The van der Waals surface area contributed by atoms with Crippen molar-refractivity contribution in [2.24, 2.45) is 0 Å². The second kappa shape index (κ2) is 12.5. The fourth-order valence-electron chi connectivity index (χ4n) is 3.18. The molecule has 2 aromatic rings. The standard InChI is InChI=1S/C22H28F2N4O6/c1-4-5-11-28-19(25)17(20(30)26-22(28)31)27(12-13-32-2)16(29)10-9-14-7-6-8-15(33-3)18(14)34-21(23)24/h6-10,21H,4-5,11-13,25H2,1-3H3,(H,26,30,31)/b10-9+. The largest absolute Gasteiger partial charge is 0.493 e. The van der Waals surface area contributed by atoms with E-state index in [-0.39, 0.29) is 48.3 Å². The number of amides is 1. The number of unbranched alkanes of at least 4 members (excludes halogenated alkanes) is 1. The van der Waals surface area contributed by atoms with Crippen LogP contribution < -0.4 is 31.4 Å². The fourth-order valence-corrected chi connectivity index (χ4v) is 3.18. The van der Waals surface area contributed by atoms with Gasteiger partial charge in [0.15, 0.2) is 17.2 Å². The van der Waals surface area contributed by atoms with Gasteiger partial charge in [-0.3, -0.25) is 24.0 Å². The first kappa shape index (κ1) is 26.6. The SMILES string of the molecule is CCCCn1c(N)c(N(CCOC)C(=O)/C=C/c2cccc(OC)c2OC(F)F)c(=O)[nH]c1=O. The molecule has 1 aromatic heterocycles. The Bertz CT molecular complexity index is 1130. The van der Waals surface area contributed by atoms with Gasteiger partial charge >= 0.3 is 12.3 Å². The predicted octanol–water partition coefficient (Wildman–Crippen LogP) is 2.22. The van der Waals surface area contributed by atoms with Gasteiger partial charge in [-0.15, -0.1) is 0 Å². The minimum Gasteiger partial charge on any atom is -0.493 e. The Morgan fingerprint density at radius 2 is 2.03 bits per heavy atom. The summed E-state index contributed by atoms with van der Waals surface area (Å²) in [4.78, 5) is 41.2. The number of nitrogens with two attached hydrogens (primary N) is 1. The highest BCUT2D eigenvalue weighted by molar-refractivity contribution is 6.05. The van der Waals surface area contributed by atoms with Crippen molar-refractivity contribution in [3.63, 3.8) is 0 Å². The summed E-state index contributed by atoms with van der Waals surface area (Å²) < 4.78 is 41.6. The minimum absolute atomic E-state index is 0.0508. The average Bonchev–Trinajstić information content (AvgIpc) is 2.79. The van der Waals surface area contributed by atoms with Gasteiger partial charge in [-0.1, -0.05) is 25.5 Å². The van der Waals surface area contributed by atoms with E-state index in [0.717, 1.165) is 17.4 Å². The number of nitrogens with zero attached hydrogens (tertiary/aromatic N) is 2. The van der Waals surface area contributed by atoms with Crippen LogP contribution in [0.2, 0.25) is 0 Å². The number of hydrogen-bond donors (Lipinski definition) is 2. The van der Waals surface area contributed by atoms with E-state index < -0.39 is 23.8 Å². The Kier molecular flexibility index (Phi) is 9.80. The molecule has 0 fully saturated rings. The Labute approximate surface area is 194 Å². The van der Waals surface area contributed by atoms with Crippen molar-refractivity contribution < 1.29 is 27.8 Å². The van der Waals surface area contributed by atoms with Crippen molar-refractivity contribution in [2.45, 2.75) is 32.9 Å². The Morgan fingerprint density at radius 3 is 2.65 bits per heavy atom. The quantitative estimate of drug-likeness (QED) is 0.444. The summed E-state index contributed by atoms with van der Waals surface area (Å²) in [7, 11) is 2.71. The molecular formula is C22H28F2N4O6. The summed E-state index contributed by atoms with van der Waals surface area (Å²) in [5.41, 5.74) is 4.54. The van der Waals surface area contributed by atoms with Crippen LogP contribution in [0.4, 0.5) is 20.3 Å². The van der Waals surface area contributed by atoms with Crippen molar-refractivity contribution in [3.8, 4) is 11.5 Å². The van der Waals surface area contributed by atoms with Crippen LogP contribution >= 0.6 is 0 Å². The van der Waals surface area contributed by atoms with Crippen molar-refractivity contribution in [3.05, 3.63) is 50.7 Å². The molecule has 0 saturated heterocycles. The third-order valence-electron chi connectivity index (χ3n) is 4.85. The topological polar surface area (TPSA) is 129 Å². The van der Waals surface area contributed by atoms with Crippen LogP contribution in [0.1, 0.15) is 25.3 Å². The van der Waals surface area contributed by atoms with Gasteiger partial charge in [0.25, 0.3) is 11.5 Å². The second-order valence-electron chi connectivity index (χ2n) is 7.07. The van der Waals surface area contributed by atoms with E-state index in [2.05, 4.69) is 9.72 Å². The summed E-state index contributed by atoms with van der Waals surface area (Å²) >= 11 is 0. The zero-order valence-corrected chi connectivity index (χ0v) is 19.2. The lowest BCUT2D eigenvalue weighted by Crippen LogP contribution is -2.42. The van der Waals surface area contributed by atoms with Crippen LogP contribution in [0.5, 0.6) is 11.5 Å². The molecule has 1 heterocycles. The lowest BCUT2D eigenvalue weighted by atomic mass is 10.1. The van der Waals surface area contributed by atoms with E-state index in [9.17, 15) is 23.2 Å². The third kappa shape index (κ3) is 6.44. The van der Waals surface area contributed by atoms with Gasteiger partial charge < -0.3 is 19.9 Å². The number of H-pyrrole nitrogens is 1. The van der Waals surface area contributed by atoms with Crippen LogP contribution in [0.25, 0.3) is 6.08 Å². The molecule has 0 bridgehead atoms. The van der Waals surface area contributed by atoms with Crippen LogP contribution in [-0.4, -0.2) is 49.4 Å². The van der Waals surface area contributed by atoms with Gasteiger partial charge in [0, 0.05) is 31.8 Å². The van der Waals surface area contributed by atoms with Crippen LogP contribution in [0.15, 0.2) is 33.9 Å². The van der Waals surface area contributed by atoms with Gasteiger partial charge in [-0.25, -0.2) is 4.79 Å².